The normalized spacial score (nSPS) is 13.6. The molecule has 0 saturated heterocycles. The van der Waals surface area contributed by atoms with E-state index in [2.05, 4.69) is 82.3 Å². The Morgan fingerprint density at radius 2 is 1.09 bits per heavy atom. The fraction of sp³-hybridized carbons (Fsp3) is 0.0204. The van der Waals surface area contributed by atoms with Gasteiger partial charge in [-0.25, -0.2) is 0 Å². The number of benzene rings is 6. The Kier molecular flexibility index (Phi) is 6.24. The van der Waals surface area contributed by atoms with E-state index in [1.165, 1.54) is 0 Å². The van der Waals surface area contributed by atoms with Crippen LogP contribution in [0, 0.1) is 22.7 Å². The number of ether oxygens (including phenoxy) is 2. The van der Waals surface area contributed by atoms with E-state index in [0.29, 0.717) is 22.6 Å². The zero-order chi connectivity index (χ0) is 37.8. The van der Waals surface area contributed by atoms with Crippen LogP contribution in [0.1, 0.15) is 33.4 Å². The van der Waals surface area contributed by atoms with E-state index in [-0.39, 0.29) is 0 Å². The maximum atomic E-state index is 9.80. The minimum atomic E-state index is -0.867. The van der Waals surface area contributed by atoms with E-state index in [1.54, 1.807) is 6.07 Å². The summed E-state index contributed by atoms with van der Waals surface area (Å²) in [4.78, 5) is 12.1. The van der Waals surface area contributed by atoms with Gasteiger partial charge in [-0.15, -0.1) is 0 Å². The van der Waals surface area contributed by atoms with Crippen LogP contribution in [0.4, 0.5) is 17.1 Å². The molecule has 6 aromatic carbocycles. The first-order chi connectivity index (χ1) is 28.1. The lowest BCUT2D eigenvalue weighted by Crippen LogP contribution is -2.33. The van der Waals surface area contributed by atoms with Gasteiger partial charge < -0.3 is 18.9 Å². The maximum absolute atomic E-state index is 9.80. The first-order valence-corrected chi connectivity index (χ1v) is 18.6. The molecule has 0 atom stereocenters. The number of fused-ring (bicyclic) bond motifs is 14. The van der Waals surface area contributed by atoms with Crippen molar-refractivity contribution in [3.8, 4) is 52.2 Å². The van der Waals surface area contributed by atoms with Crippen molar-refractivity contribution in [3.63, 3.8) is 0 Å². The molecule has 8 nitrogen and oxygen atoms in total. The quantitative estimate of drug-likeness (QED) is 0.174. The van der Waals surface area contributed by atoms with Gasteiger partial charge in [0, 0.05) is 51.7 Å². The highest BCUT2D eigenvalue weighted by molar-refractivity contribution is 6.09. The molecule has 3 aromatic heterocycles. The summed E-state index contributed by atoms with van der Waals surface area (Å²) in [5, 5.41) is 21.6. The van der Waals surface area contributed by atoms with Crippen LogP contribution < -0.4 is 14.4 Å². The Bertz CT molecular complexity index is 3270. The average Bonchev–Trinajstić information content (AvgIpc) is 3.76. The van der Waals surface area contributed by atoms with Crippen LogP contribution in [-0.2, 0) is 5.41 Å². The number of aromatic nitrogens is 3. The predicted octanol–water partition coefficient (Wildman–Crippen LogP) is 11.4. The number of anilines is 3. The zero-order valence-corrected chi connectivity index (χ0v) is 30.0. The molecule has 2 aliphatic heterocycles. The molecule has 0 bridgehead atoms. The molecule has 57 heavy (non-hydrogen) atoms. The third-order valence-electron chi connectivity index (χ3n) is 11.6. The summed E-state index contributed by atoms with van der Waals surface area (Å²) < 4.78 is 15.6. The van der Waals surface area contributed by atoms with Crippen molar-refractivity contribution in [1.82, 2.24) is 14.5 Å². The smallest absolute Gasteiger partial charge is 0.152 e. The third-order valence-corrected chi connectivity index (χ3v) is 11.6. The van der Waals surface area contributed by atoms with Crippen LogP contribution in [0.2, 0.25) is 0 Å². The van der Waals surface area contributed by atoms with E-state index < -0.39 is 5.41 Å². The number of para-hydroxylation sites is 3. The van der Waals surface area contributed by atoms with Gasteiger partial charge in [0.05, 0.1) is 62.5 Å². The highest BCUT2D eigenvalue weighted by Crippen LogP contribution is 2.62. The van der Waals surface area contributed by atoms with Crippen molar-refractivity contribution in [2.75, 3.05) is 4.90 Å². The molecule has 5 heterocycles. The topological polar surface area (TPSA) is 100.0 Å². The number of pyridine rings is 2. The average molecular weight is 731 g/mol. The van der Waals surface area contributed by atoms with Gasteiger partial charge in [-0.05, 0) is 108 Å². The minimum absolute atomic E-state index is 0.520. The second-order valence-electron chi connectivity index (χ2n) is 14.4. The Balaban J connectivity index is 1.15. The summed E-state index contributed by atoms with van der Waals surface area (Å²) in [7, 11) is 0. The highest BCUT2D eigenvalue weighted by Gasteiger charge is 2.53. The SMILES string of the molecule is N#Cc1ccc2c(c1)Oc1ccccc1N2c1ccc2c(c1)C1(c3cc(-n4c5ccccc5c5cc(C#N)ccc54)ccc3O2)c2cccnc2-c2ncccc21. The summed E-state index contributed by atoms with van der Waals surface area (Å²) in [6.07, 6.45) is 3.66. The Morgan fingerprint density at radius 3 is 1.86 bits per heavy atom. The van der Waals surface area contributed by atoms with Crippen molar-refractivity contribution in [2.24, 2.45) is 0 Å². The van der Waals surface area contributed by atoms with Gasteiger partial charge >= 0.3 is 0 Å². The Hall–Kier alpha value is -8.20. The molecule has 0 N–H and O–H groups in total. The van der Waals surface area contributed by atoms with Gasteiger partial charge in [-0.2, -0.15) is 10.5 Å². The zero-order valence-electron chi connectivity index (χ0n) is 30.0. The van der Waals surface area contributed by atoms with Crippen molar-refractivity contribution < 1.29 is 9.47 Å². The molecule has 9 aromatic rings. The number of nitrogens with zero attached hydrogens (tertiary/aromatic N) is 6. The van der Waals surface area contributed by atoms with Crippen LogP contribution in [0.15, 0.2) is 158 Å². The largest absolute Gasteiger partial charge is 0.457 e. The molecular formula is C49H26N6O2. The van der Waals surface area contributed by atoms with Gasteiger partial charge in [0.1, 0.15) is 11.5 Å². The van der Waals surface area contributed by atoms with E-state index in [0.717, 1.165) is 89.7 Å². The lowest BCUT2D eigenvalue weighted by atomic mass is 9.66. The molecular weight excluding hydrogens is 705 g/mol. The Morgan fingerprint density at radius 1 is 0.474 bits per heavy atom. The van der Waals surface area contributed by atoms with E-state index in [4.69, 9.17) is 19.4 Å². The van der Waals surface area contributed by atoms with Crippen molar-refractivity contribution in [2.45, 2.75) is 5.41 Å². The van der Waals surface area contributed by atoms with Crippen LogP contribution in [-0.4, -0.2) is 14.5 Å². The van der Waals surface area contributed by atoms with E-state index in [9.17, 15) is 10.5 Å². The van der Waals surface area contributed by atoms with Crippen LogP contribution in [0.3, 0.4) is 0 Å². The molecule has 8 heteroatoms. The molecule has 12 rings (SSSR count). The molecule has 0 fully saturated rings. The Labute approximate surface area is 326 Å². The van der Waals surface area contributed by atoms with Gasteiger partial charge in [-0.1, -0.05) is 42.5 Å². The van der Waals surface area contributed by atoms with Crippen molar-refractivity contribution in [1.29, 1.82) is 10.5 Å². The van der Waals surface area contributed by atoms with Crippen LogP contribution >= 0.6 is 0 Å². The van der Waals surface area contributed by atoms with E-state index in [1.807, 2.05) is 91.3 Å². The second-order valence-corrected chi connectivity index (χ2v) is 14.4. The monoisotopic (exact) mass is 730 g/mol. The van der Waals surface area contributed by atoms with Crippen molar-refractivity contribution >= 4 is 38.9 Å². The first-order valence-electron chi connectivity index (χ1n) is 18.6. The molecule has 0 unspecified atom stereocenters. The van der Waals surface area contributed by atoms with Gasteiger partial charge in [0.2, 0.25) is 0 Å². The maximum Gasteiger partial charge on any atom is 0.152 e. The molecule has 0 saturated carbocycles. The molecule has 264 valence electrons. The third kappa shape index (κ3) is 4.13. The second kappa shape index (κ2) is 11.4. The van der Waals surface area contributed by atoms with Crippen LogP contribution in [0.25, 0.3) is 38.9 Å². The molecule has 1 aliphatic carbocycles. The van der Waals surface area contributed by atoms with E-state index >= 15 is 0 Å². The first kappa shape index (κ1) is 31.2. The standard InChI is InChI=1S/C49H26N6O2/c50-27-29-13-17-40-34(23-29)33-7-1-2-10-39(33)54(40)31-15-19-43-37(25-31)49(35-8-5-21-52-47(35)48-36(49)9-6-22-53-48)38-26-32(16-20-44(38)56-43)55-41-11-3-4-12-45(41)57-46-24-30(28-51)14-18-42(46)55/h1-26H. The fourth-order valence-corrected chi connectivity index (χ4v) is 9.29. The molecule has 0 amide bonds. The molecule has 1 spiro atoms. The highest BCUT2D eigenvalue weighted by atomic mass is 16.5. The van der Waals surface area contributed by atoms with Gasteiger partial charge in [-0.3, -0.25) is 9.97 Å². The summed E-state index contributed by atoms with van der Waals surface area (Å²) in [5.74, 6) is 2.76. The van der Waals surface area contributed by atoms with Crippen molar-refractivity contribution in [3.05, 3.63) is 191 Å². The number of hydrogen-bond donors (Lipinski definition) is 0. The summed E-state index contributed by atoms with van der Waals surface area (Å²) >= 11 is 0. The lowest BCUT2D eigenvalue weighted by molar-refractivity contribution is 0.436. The molecule has 3 aliphatic rings. The summed E-state index contributed by atoms with van der Waals surface area (Å²) in [6, 6.07) is 53.4. The van der Waals surface area contributed by atoms with Gasteiger partial charge in [0.25, 0.3) is 0 Å². The van der Waals surface area contributed by atoms with Gasteiger partial charge in [0.15, 0.2) is 11.5 Å². The number of hydrogen-bond acceptors (Lipinski definition) is 7. The predicted molar refractivity (Wildman–Crippen MR) is 218 cm³/mol. The molecule has 0 radical (unpaired) electrons. The lowest BCUT2D eigenvalue weighted by Gasteiger charge is -2.40. The summed E-state index contributed by atoms with van der Waals surface area (Å²) in [5.41, 5.74) is 11.5. The summed E-state index contributed by atoms with van der Waals surface area (Å²) in [6.45, 7) is 0. The number of nitriles is 2. The van der Waals surface area contributed by atoms with Crippen LogP contribution in [0.5, 0.6) is 23.0 Å². The minimum Gasteiger partial charge on any atom is -0.457 e. The number of rotatable bonds is 2. The fourth-order valence-electron chi connectivity index (χ4n) is 9.29.